The molecule has 29 heavy (non-hydrogen) atoms. The van der Waals surface area contributed by atoms with Crippen molar-refractivity contribution in [3.05, 3.63) is 47.3 Å². The van der Waals surface area contributed by atoms with Crippen molar-refractivity contribution in [3.63, 3.8) is 0 Å². The summed E-state index contributed by atoms with van der Waals surface area (Å²) in [6.07, 6.45) is 3.29. The molecule has 1 aliphatic rings. The lowest BCUT2D eigenvalue weighted by Gasteiger charge is -2.34. The second-order valence-corrected chi connectivity index (χ2v) is 8.75. The molecule has 1 amide bonds. The number of ether oxygens (including phenoxy) is 1. The number of rotatable bonds is 7. The Morgan fingerprint density at radius 1 is 1.28 bits per heavy atom. The lowest BCUT2D eigenvalue weighted by atomic mass is 9.78. The number of hydrogen-bond donors (Lipinski definition) is 1. The fourth-order valence-electron chi connectivity index (χ4n) is 3.64. The van der Waals surface area contributed by atoms with Crippen molar-refractivity contribution in [2.24, 2.45) is 11.8 Å². The van der Waals surface area contributed by atoms with Crippen LogP contribution in [0.5, 0.6) is 0 Å². The van der Waals surface area contributed by atoms with E-state index in [4.69, 9.17) is 9.26 Å². The third-order valence-corrected chi connectivity index (χ3v) is 6.65. The van der Waals surface area contributed by atoms with E-state index in [1.54, 1.807) is 12.1 Å². The second-order valence-electron chi connectivity index (χ2n) is 7.73. The molecule has 2 aromatic rings. The highest BCUT2D eigenvalue weighted by Crippen LogP contribution is 2.29. The first kappa shape index (κ1) is 21.4. The zero-order chi connectivity index (χ0) is 20.8. The van der Waals surface area contributed by atoms with Gasteiger partial charge in [0.1, 0.15) is 5.76 Å². The summed E-state index contributed by atoms with van der Waals surface area (Å²) in [5, 5.41) is 7.00. The molecule has 1 aliphatic carbocycles. The Bertz CT molecular complexity index is 851. The van der Waals surface area contributed by atoms with E-state index in [-0.39, 0.29) is 18.6 Å². The van der Waals surface area contributed by atoms with Gasteiger partial charge in [-0.3, -0.25) is 4.79 Å². The van der Waals surface area contributed by atoms with Crippen LogP contribution in [-0.4, -0.2) is 29.7 Å². The molecule has 3 atom stereocenters. The van der Waals surface area contributed by atoms with E-state index in [0.717, 1.165) is 29.2 Å². The molecule has 0 radical (unpaired) electrons. The van der Waals surface area contributed by atoms with Gasteiger partial charge in [0.25, 0.3) is 5.91 Å². The molecule has 1 aromatic carbocycles. The molecule has 3 rings (SSSR count). The third kappa shape index (κ3) is 5.85. The number of benzene rings is 1. The van der Waals surface area contributed by atoms with Crippen molar-refractivity contribution < 1.29 is 18.8 Å². The van der Waals surface area contributed by atoms with E-state index in [1.165, 1.54) is 18.2 Å². The fraction of sp³-hybridized carbons (Fsp3) is 0.500. The lowest BCUT2D eigenvalue weighted by molar-refractivity contribution is -0.125. The van der Waals surface area contributed by atoms with Crippen LogP contribution in [-0.2, 0) is 15.3 Å². The molecule has 1 fully saturated rings. The van der Waals surface area contributed by atoms with Gasteiger partial charge in [0.2, 0.25) is 0 Å². The van der Waals surface area contributed by atoms with Crippen molar-refractivity contribution in [2.75, 3.05) is 6.61 Å². The summed E-state index contributed by atoms with van der Waals surface area (Å²) in [4.78, 5) is 25.6. The molecular formula is C22H28N2O4S. The summed E-state index contributed by atoms with van der Waals surface area (Å²) in [5.41, 5.74) is 1.26. The van der Waals surface area contributed by atoms with Gasteiger partial charge in [-0.25, -0.2) is 4.79 Å². The van der Waals surface area contributed by atoms with Crippen molar-refractivity contribution in [1.29, 1.82) is 0 Å². The first-order valence-electron chi connectivity index (χ1n) is 10.0. The number of thioether (sulfide) groups is 1. The van der Waals surface area contributed by atoms with Crippen LogP contribution in [0, 0.1) is 18.8 Å². The summed E-state index contributed by atoms with van der Waals surface area (Å²) in [5.74, 6) is 1.62. The van der Waals surface area contributed by atoms with Crippen LogP contribution >= 0.6 is 11.8 Å². The number of esters is 1. The molecule has 7 heteroatoms. The lowest BCUT2D eigenvalue weighted by Crippen LogP contribution is -2.45. The Balaban J connectivity index is 1.53. The Morgan fingerprint density at radius 3 is 2.83 bits per heavy atom. The van der Waals surface area contributed by atoms with Gasteiger partial charge >= 0.3 is 5.97 Å². The van der Waals surface area contributed by atoms with E-state index >= 15 is 0 Å². The molecule has 0 aliphatic heterocycles. The molecule has 6 nitrogen and oxygen atoms in total. The second kappa shape index (κ2) is 9.96. The molecule has 1 N–H and O–H groups in total. The van der Waals surface area contributed by atoms with Crippen LogP contribution in [0.15, 0.2) is 39.8 Å². The van der Waals surface area contributed by atoms with Crippen molar-refractivity contribution >= 4 is 23.6 Å². The van der Waals surface area contributed by atoms with Crippen LogP contribution in [0.1, 0.15) is 54.9 Å². The molecule has 0 saturated heterocycles. The molecule has 0 unspecified atom stereocenters. The average Bonchev–Trinajstić information content (AvgIpc) is 3.13. The largest absolute Gasteiger partial charge is 0.452 e. The minimum absolute atomic E-state index is 0.152. The van der Waals surface area contributed by atoms with Crippen molar-refractivity contribution in [1.82, 2.24) is 10.5 Å². The van der Waals surface area contributed by atoms with Crippen LogP contribution in [0.25, 0.3) is 0 Å². The molecule has 156 valence electrons. The van der Waals surface area contributed by atoms with E-state index in [0.29, 0.717) is 23.2 Å². The SMILES string of the molecule is Cc1cc(CSc2ccccc2C(=O)OCC(=O)N[C@@H]2CCC[C@H](C)[C@@H]2C)no1. The van der Waals surface area contributed by atoms with E-state index in [9.17, 15) is 9.59 Å². The topological polar surface area (TPSA) is 81.4 Å². The van der Waals surface area contributed by atoms with Crippen molar-refractivity contribution in [3.8, 4) is 0 Å². The van der Waals surface area contributed by atoms with Gasteiger partial charge in [-0.1, -0.05) is 44.0 Å². The highest BCUT2D eigenvalue weighted by molar-refractivity contribution is 7.98. The third-order valence-electron chi connectivity index (χ3n) is 5.55. The first-order valence-corrected chi connectivity index (χ1v) is 11.0. The van der Waals surface area contributed by atoms with Gasteiger partial charge in [0.05, 0.1) is 11.3 Å². The van der Waals surface area contributed by atoms with E-state index < -0.39 is 5.97 Å². The molecule has 1 heterocycles. The molecular weight excluding hydrogens is 388 g/mol. The van der Waals surface area contributed by atoms with Crippen LogP contribution in [0.4, 0.5) is 0 Å². The van der Waals surface area contributed by atoms with Gasteiger partial charge in [0, 0.05) is 22.8 Å². The summed E-state index contributed by atoms with van der Waals surface area (Å²) >= 11 is 1.48. The number of nitrogens with one attached hydrogen (secondary N) is 1. The first-order chi connectivity index (χ1) is 13.9. The van der Waals surface area contributed by atoms with Gasteiger partial charge in [-0.2, -0.15) is 0 Å². The zero-order valence-corrected chi connectivity index (χ0v) is 18.0. The minimum Gasteiger partial charge on any atom is -0.452 e. The monoisotopic (exact) mass is 416 g/mol. The van der Waals surface area contributed by atoms with E-state index in [1.807, 2.05) is 25.1 Å². The summed E-state index contributed by atoms with van der Waals surface area (Å²) in [6.45, 7) is 5.97. The molecule has 0 spiro atoms. The summed E-state index contributed by atoms with van der Waals surface area (Å²) in [6, 6.07) is 9.24. The van der Waals surface area contributed by atoms with Crippen LogP contribution in [0.2, 0.25) is 0 Å². The van der Waals surface area contributed by atoms with Crippen LogP contribution < -0.4 is 5.32 Å². The van der Waals surface area contributed by atoms with Crippen LogP contribution in [0.3, 0.4) is 0 Å². The average molecular weight is 417 g/mol. The number of carbonyl (C=O) groups is 2. The maximum atomic E-state index is 12.5. The summed E-state index contributed by atoms with van der Waals surface area (Å²) < 4.78 is 10.4. The quantitative estimate of drug-likeness (QED) is 0.533. The minimum atomic E-state index is -0.496. The van der Waals surface area contributed by atoms with Gasteiger partial charge in [-0.05, 0) is 37.3 Å². The fourth-order valence-corrected chi connectivity index (χ4v) is 4.56. The number of aryl methyl sites for hydroxylation is 1. The number of nitrogens with zero attached hydrogens (tertiary/aromatic N) is 1. The predicted molar refractivity (Wildman–Crippen MR) is 112 cm³/mol. The number of aromatic nitrogens is 1. The van der Waals surface area contributed by atoms with E-state index in [2.05, 4.69) is 24.3 Å². The zero-order valence-electron chi connectivity index (χ0n) is 17.1. The maximum Gasteiger partial charge on any atom is 0.339 e. The summed E-state index contributed by atoms with van der Waals surface area (Å²) in [7, 11) is 0. The highest BCUT2D eigenvalue weighted by atomic mass is 32.2. The predicted octanol–water partition coefficient (Wildman–Crippen LogP) is 4.37. The van der Waals surface area contributed by atoms with Crippen molar-refractivity contribution in [2.45, 2.75) is 56.7 Å². The molecule has 0 bridgehead atoms. The Labute approximate surface area is 175 Å². The smallest absolute Gasteiger partial charge is 0.339 e. The molecule has 1 saturated carbocycles. The van der Waals surface area contributed by atoms with Gasteiger partial charge in [0.15, 0.2) is 6.61 Å². The van der Waals surface area contributed by atoms with Gasteiger partial charge < -0.3 is 14.6 Å². The Hall–Kier alpha value is -2.28. The maximum absolute atomic E-state index is 12.5. The highest BCUT2D eigenvalue weighted by Gasteiger charge is 2.28. The van der Waals surface area contributed by atoms with Gasteiger partial charge in [-0.15, -0.1) is 11.8 Å². The number of carbonyl (C=O) groups excluding carboxylic acids is 2. The normalized spacial score (nSPS) is 21.6. The Morgan fingerprint density at radius 2 is 2.07 bits per heavy atom. The number of hydrogen-bond acceptors (Lipinski definition) is 6. The number of amides is 1. The standard InChI is InChI=1S/C22H28N2O4S/c1-14-7-6-9-19(16(14)3)23-21(25)12-27-22(26)18-8-4-5-10-20(18)29-13-17-11-15(2)28-24-17/h4-5,8,10-11,14,16,19H,6-7,9,12-13H2,1-3H3,(H,23,25)/t14-,16-,19+/m0/s1. The molecule has 1 aromatic heterocycles. The Kier molecular flexibility index (Phi) is 7.36.